The largest absolute Gasteiger partial charge is 0.383 e. The summed E-state index contributed by atoms with van der Waals surface area (Å²) < 4.78 is 8.10. The maximum Gasteiger partial charge on any atom is 0.0703 e. The standard InChI is InChI=1S/C16H20BrN3O/c1-21-10-9-20-14(13(17)11-19-20)15(18)16(7-8-16)12-5-3-2-4-6-12/h2-6,11,15H,7-10,18H2,1H3. The van der Waals surface area contributed by atoms with Crippen LogP contribution in [0.5, 0.6) is 0 Å². The van der Waals surface area contributed by atoms with Crippen LogP contribution in [0, 0.1) is 0 Å². The molecule has 1 aliphatic carbocycles. The normalized spacial score (nSPS) is 17.7. The molecule has 1 heterocycles. The van der Waals surface area contributed by atoms with Crippen LogP contribution in [0.2, 0.25) is 0 Å². The van der Waals surface area contributed by atoms with Gasteiger partial charge in [-0.3, -0.25) is 4.68 Å². The molecule has 1 aliphatic rings. The van der Waals surface area contributed by atoms with E-state index >= 15 is 0 Å². The van der Waals surface area contributed by atoms with Gasteiger partial charge in [0.15, 0.2) is 0 Å². The Morgan fingerprint density at radius 2 is 2.10 bits per heavy atom. The van der Waals surface area contributed by atoms with Gasteiger partial charge in [-0.05, 0) is 34.3 Å². The number of aromatic nitrogens is 2. The molecule has 0 aliphatic heterocycles. The minimum atomic E-state index is -0.0615. The van der Waals surface area contributed by atoms with Crippen LogP contribution < -0.4 is 5.73 Å². The first-order chi connectivity index (χ1) is 10.2. The van der Waals surface area contributed by atoms with E-state index in [0.29, 0.717) is 6.61 Å². The van der Waals surface area contributed by atoms with Crippen molar-refractivity contribution < 1.29 is 4.74 Å². The number of nitrogens with two attached hydrogens (primary N) is 1. The molecular weight excluding hydrogens is 330 g/mol. The van der Waals surface area contributed by atoms with Crippen molar-refractivity contribution in [2.75, 3.05) is 13.7 Å². The van der Waals surface area contributed by atoms with E-state index in [4.69, 9.17) is 10.5 Å². The van der Waals surface area contributed by atoms with Crippen molar-refractivity contribution in [3.63, 3.8) is 0 Å². The first-order valence-electron chi connectivity index (χ1n) is 7.20. The number of halogens is 1. The summed E-state index contributed by atoms with van der Waals surface area (Å²) in [6, 6.07) is 10.5. The Bertz CT molecular complexity index is 607. The van der Waals surface area contributed by atoms with Crippen molar-refractivity contribution in [1.29, 1.82) is 0 Å². The lowest BCUT2D eigenvalue weighted by Crippen LogP contribution is -2.29. The quantitative estimate of drug-likeness (QED) is 0.871. The summed E-state index contributed by atoms with van der Waals surface area (Å²) in [6.07, 6.45) is 4.08. The van der Waals surface area contributed by atoms with Crippen LogP contribution in [0.3, 0.4) is 0 Å². The van der Waals surface area contributed by atoms with E-state index in [2.05, 4.69) is 45.3 Å². The molecule has 1 saturated carbocycles. The zero-order valence-corrected chi connectivity index (χ0v) is 13.7. The maximum atomic E-state index is 6.65. The molecule has 4 nitrogen and oxygen atoms in total. The van der Waals surface area contributed by atoms with Gasteiger partial charge in [-0.25, -0.2) is 0 Å². The van der Waals surface area contributed by atoms with Crippen LogP contribution in [0.15, 0.2) is 41.0 Å². The van der Waals surface area contributed by atoms with E-state index in [-0.39, 0.29) is 11.5 Å². The Hall–Kier alpha value is -1.17. The van der Waals surface area contributed by atoms with Crippen molar-refractivity contribution >= 4 is 15.9 Å². The molecule has 21 heavy (non-hydrogen) atoms. The highest BCUT2D eigenvalue weighted by molar-refractivity contribution is 9.10. The second-order valence-electron chi connectivity index (χ2n) is 5.59. The highest BCUT2D eigenvalue weighted by Gasteiger charge is 2.51. The third-order valence-electron chi connectivity index (χ3n) is 4.37. The second-order valence-corrected chi connectivity index (χ2v) is 6.45. The monoisotopic (exact) mass is 349 g/mol. The molecule has 0 spiro atoms. The van der Waals surface area contributed by atoms with Gasteiger partial charge in [0.2, 0.25) is 0 Å². The van der Waals surface area contributed by atoms with Gasteiger partial charge in [0, 0.05) is 12.5 Å². The van der Waals surface area contributed by atoms with Crippen LogP contribution in [-0.2, 0) is 16.7 Å². The van der Waals surface area contributed by atoms with Gasteiger partial charge in [-0.1, -0.05) is 30.3 Å². The molecule has 0 bridgehead atoms. The first-order valence-corrected chi connectivity index (χ1v) is 7.99. The Morgan fingerprint density at radius 3 is 2.71 bits per heavy atom. The maximum absolute atomic E-state index is 6.65. The number of hydrogen-bond donors (Lipinski definition) is 1. The molecule has 0 radical (unpaired) electrons. The highest BCUT2D eigenvalue weighted by Crippen LogP contribution is 2.56. The van der Waals surface area contributed by atoms with Gasteiger partial charge in [-0.2, -0.15) is 5.10 Å². The van der Waals surface area contributed by atoms with Gasteiger partial charge in [0.05, 0.1) is 35.6 Å². The van der Waals surface area contributed by atoms with Crippen LogP contribution in [0.1, 0.15) is 30.1 Å². The van der Waals surface area contributed by atoms with Crippen LogP contribution >= 0.6 is 15.9 Å². The van der Waals surface area contributed by atoms with E-state index in [0.717, 1.165) is 29.6 Å². The Balaban J connectivity index is 1.92. The third kappa shape index (κ3) is 2.65. The van der Waals surface area contributed by atoms with E-state index in [9.17, 15) is 0 Å². The zero-order valence-electron chi connectivity index (χ0n) is 12.1. The average molecular weight is 350 g/mol. The Kier molecular flexibility index (Phi) is 4.15. The second kappa shape index (κ2) is 5.91. The number of rotatable bonds is 6. The zero-order chi connectivity index (χ0) is 14.9. The average Bonchev–Trinajstić information content (AvgIpc) is 3.25. The van der Waals surface area contributed by atoms with Crippen molar-refractivity contribution in [2.24, 2.45) is 5.73 Å². The van der Waals surface area contributed by atoms with Crippen molar-refractivity contribution in [2.45, 2.75) is 30.8 Å². The summed E-state index contributed by atoms with van der Waals surface area (Å²) >= 11 is 3.60. The van der Waals surface area contributed by atoms with E-state index in [1.165, 1.54) is 5.56 Å². The predicted molar refractivity (Wildman–Crippen MR) is 86.1 cm³/mol. The van der Waals surface area contributed by atoms with Crippen LogP contribution in [0.4, 0.5) is 0 Å². The molecule has 1 fully saturated rings. The minimum Gasteiger partial charge on any atom is -0.383 e. The van der Waals surface area contributed by atoms with Gasteiger partial charge in [0.1, 0.15) is 0 Å². The Morgan fingerprint density at radius 1 is 1.38 bits per heavy atom. The Labute approximate surface area is 133 Å². The molecule has 1 unspecified atom stereocenters. The van der Waals surface area contributed by atoms with Gasteiger partial charge in [-0.15, -0.1) is 0 Å². The summed E-state index contributed by atoms with van der Waals surface area (Å²) in [5.41, 5.74) is 9.09. The first kappa shape index (κ1) is 14.8. The summed E-state index contributed by atoms with van der Waals surface area (Å²) in [5, 5.41) is 4.42. The molecule has 2 aromatic rings. The van der Waals surface area contributed by atoms with E-state index in [1.54, 1.807) is 7.11 Å². The van der Waals surface area contributed by atoms with Gasteiger partial charge in [0.25, 0.3) is 0 Å². The van der Waals surface area contributed by atoms with E-state index < -0.39 is 0 Å². The van der Waals surface area contributed by atoms with Crippen molar-refractivity contribution in [1.82, 2.24) is 9.78 Å². The molecule has 1 aromatic heterocycles. The fraction of sp³-hybridized carbons (Fsp3) is 0.438. The lowest BCUT2D eigenvalue weighted by molar-refractivity contribution is 0.181. The fourth-order valence-electron chi connectivity index (χ4n) is 2.98. The lowest BCUT2D eigenvalue weighted by Gasteiger charge is -2.25. The minimum absolute atomic E-state index is 0.0502. The molecule has 1 atom stereocenters. The third-order valence-corrected chi connectivity index (χ3v) is 4.98. The summed E-state index contributed by atoms with van der Waals surface area (Å²) in [6.45, 7) is 1.35. The predicted octanol–water partition coefficient (Wildman–Crippen LogP) is 3.02. The number of ether oxygens (including phenoxy) is 1. The SMILES string of the molecule is COCCn1ncc(Br)c1C(N)C1(c2ccccc2)CC1. The topological polar surface area (TPSA) is 53.1 Å². The molecule has 2 N–H and O–H groups in total. The molecule has 1 aromatic carbocycles. The number of methoxy groups -OCH3 is 1. The molecule has 112 valence electrons. The summed E-state index contributed by atoms with van der Waals surface area (Å²) in [7, 11) is 1.70. The fourth-order valence-corrected chi connectivity index (χ4v) is 3.53. The summed E-state index contributed by atoms with van der Waals surface area (Å²) in [5.74, 6) is 0. The van der Waals surface area contributed by atoms with Crippen molar-refractivity contribution in [3.8, 4) is 0 Å². The molecule has 3 rings (SSSR count). The molecule has 5 heteroatoms. The van der Waals surface area contributed by atoms with Crippen molar-refractivity contribution in [3.05, 3.63) is 52.3 Å². The molecular formula is C16H20BrN3O. The molecule has 0 amide bonds. The summed E-state index contributed by atoms with van der Waals surface area (Å²) in [4.78, 5) is 0. The van der Waals surface area contributed by atoms with Crippen LogP contribution in [-0.4, -0.2) is 23.5 Å². The lowest BCUT2D eigenvalue weighted by atomic mass is 9.86. The van der Waals surface area contributed by atoms with Gasteiger partial charge >= 0.3 is 0 Å². The molecule has 0 saturated heterocycles. The smallest absolute Gasteiger partial charge is 0.0703 e. The number of benzene rings is 1. The van der Waals surface area contributed by atoms with E-state index in [1.807, 2.05) is 16.9 Å². The van der Waals surface area contributed by atoms with Crippen LogP contribution in [0.25, 0.3) is 0 Å². The highest BCUT2D eigenvalue weighted by atomic mass is 79.9. The van der Waals surface area contributed by atoms with Gasteiger partial charge < -0.3 is 10.5 Å². The number of hydrogen-bond acceptors (Lipinski definition) is 3. The number of nitrogens with zero attached hydrogens (tertiary/aromatic N) is 2.